The molecule has 2 rings (SSSR count). The molecule has 1 saturated carbocycles. The zero-order valence-corrected chi connectivity index (χ0v) is 11.9. The quantitative estimate of drug-likeness (QED) is 0.871. The largest absolute Gasteiger partial charge is 0.487 e. The summed E-state index contributed by atoms with van der Waals surface area (Å²) in [7, 11) is 0. The highest BCUT2D eigenvalue weighted by atomic mass is 19.1. The summed E-state index contributed by atoms with van der Waals surface area (Å²) in [5.41, 5.74) is 6.13. The summed E-state index contributed by atoms with van der Waals surface area (Å²) in [5.74, 6) is -0.512. The molecule has 0 spiro atoms. The van der Waals surface area contributed by atoms with Crippen molar-refractivity contribution in [1.29, 1.82) is 0 Å². The smallest absolute Gasteiger partial charge is 0.241 e. The van der Waals surface area contributed by atoms with Gasteiger partial charge in [-0.2, -0.15) is 0 Å². The van der Waals surface area contributed by atoms with Crippen molar-refractivity contribution in [3.63, 3.8) is 0 Å². The molecule has 1 aliphatic carbocycles. The summed E-state index contributed by atoms with van der Waals surface area (Å²) < 4.78 is 19.4. The Morgan fingerprint density at radius 1 is 1.45 bits per heavy atom. The molecular weight excluding hydrogens is 259 g/mol. The number of amides is 1. The molecule has 0 unspecified atom stereocenters. The van der Waals surface area contributed by atoms with Gasteiger partial charge in [0.2, 0.25) is 5.91 Å². The Morgan fingerprint density at radius 3 is 2.65 bits per heavy atom. The van der Waals surface area contributed by atoms with E-state index in [1.165, 1.54) is 6.07 Å². The molecule has 0 bridgehead atoms. The molecule has 5 heteroatoms. The number of ether oxygens (including phenoxy) is 1. The summed E-state index contributed by atoms with van der Waals surface area (Å²) in [5, 5.41) is 2.61. The van der Waals surface area contributed by atoms with E-state index in [0.29, 0.717) is 5.69 Å². The topological polar surface area (TPSA) is 64.4 Å². The van der Waals surface area contributed by atoms with Crippen LogP contribution in [-0.4, -0.2) is 18.1 Å². The first-order chi connectivity index (χ1) is 9.47. The van der Waals surface area contributed by atoms with Gasteiger partial charge in [0, 0.05) is 11.8 Å². The van der Waals surface area contributed by atoms with Crippen molar-refractivity contribution in [2.75, 3.05) is 5.32 Å². The highest BCUT2D eigenvalue weighted by Gasteiger charge is 2.21. The zero-order chi connectivity index (χ0) is 14.7. The Bertz CT molecular complexity index is 487. The molecule has 1 aromatic carbocycles. The number of anilines is 1. The number of halogens is 1. The number of hydrogen-bond acceptors (Lipinski definition) is 3. The first kappa shape index (κ1) is 14.8. The third-order valence-electron chi connectivity index (χ3n) is 3.57. The van der Waals surface area contributed by atoms with Crippen molar-refractivity contribution in [1.82, 2.24) is 0 Å². The van der Waals surface area contributed by atoms with Gasteiger partial charge >= 0.3 is 0 Å². The Balaban J connectivity index is 1.99. The lowest BCUT2D eigenvalue weighted by Gasteiger charge is -2.26. The van der Waals surface area contributed by atoms with Crippen LogP contribution in [0.1, 0.15) is 33.1 Å². The van der Waals surface area contributed by atoms with Crippen molar-refractivity contribution < 1.29 is 13.9 Å². The van der Waals surface area contributed by atoms with E-state index in [1.54, 1.807) is 12.1 Å². The van der Waals surface area contributed by atoms with Crippen molar-refractivity contribution in [2.24, 2.45) is 11.7 Å². The first-order valence-electron chi connectivity index (χ1n) is 7.00. The van der Waals surface area contributed by atoms with Crippen molar-refractivity contribution in [3.05, 3.63) is 24.0 Å². The van der Waals surface area contributed by atoms with Gasteiger partial charge in [0.05, 0.1) is 12.1 Å². The molecule has 1 aliphatic rings. The van der Waals surface area contributed by atoms with Crippen LogP contribution < -0.4 is 15.8 Å². The van der Waals surface area contributed by atoms with E-state index in [1.807, 2.05) is 13.8 Å². The number of hydrogen-bond donors (Lipinski definition) is 2. The average Bonchev–Trinajstić information content (AvgIpc) is 2.34. The summed E-state index contributed by atoms with van der Waals surface area (Å²) in [6.45, 7) is 3.72. The van der Waals surface area contributed by atoms with Crippen molar-refractivity contribution >= 4 is 11.6 Å². The van der Waals surface area contributed by atoms with E-state index in [2.05, 4.69) is 5.32 Å². The molecule has 3 N–H and O–H groups in total. The fourth-order valence-corrected chi connectivity index (χ4v) is 1.87. The number of carbonyl (C=O) groups excluding carboxylic acids is 1. The summed E-state index contributed by atoms with van der Waals surface area (Å²) >= 11 is 0. The number of benzene rings is 1. The molecule has 0 saturated heterocycles. The minimum Gasteiger partial charge on any atom is -0.487 e. The molecule has 20 heavy (non-hydrogen) atoms. The maximum absolute atomic E-state index is 13.9. The second kappa shape index (κ2) is 6.22. The summed E-state index contributed by atoms with van der Waals surface area (Å²) in [4.78, 5) is 11.8. The van der Waals surface area contributed by atoms with Gasteiger partial charge in [0.15, 0.2) is 11.6 Å². The molecule has 1 atom stereocenters. The van der Waals surface area contributed by atoms with Crippen LogP contribution in [0.3, 0.4) is 0 Å². The monoisotopic (exact) mass is 280 g/mol. The van der Waals surface area contributed by atoms with Crippen LogP contribution in [-0.2, 0) is 4.79 Å². The zero-order valence-electron chi connectivity index (χ0n) is 11.9. The highest BCUT2D eigenvalue weighted by molar-refractivity contribution is 5.94. The molecule has 1 fully saturated rings. The molecule has 0 aromatic heterocycles. The molecule has 0 aliphatic heterocycles. The molecule has 0 heterocycles. The van der Waals surface area contributed by atoms with E-state index in [-0.39, 0.29) is 23.7 Å². The second-order valence-corrected chi connectivity index (χ2v) is 5.58. The van der Waals surface area contributed by atoms with Crippen LogP contribution in [0.15, 0.2) is 18.2 Å². The minimum atomic E-state index is -0.607. The lowest BCUT2D eigenvalue weighted by molar-refractivity contribution is -0.118. The molecular formula is C15H21FN2O2. The Labute approximate surface area is 118 Å². The van der Waals surface area contributed by atoms with Crippen LogP contribution in [0, 0.1) is 11.7 Å². The third kappa shape index (κ3) is 3.48. The molecule has 110 valence electrons. The Morgan fingerprint density at radius 2 is 2.15 bits per heavy atom. The minimum absolute atomic E-state index is 0.0288. The average molecular weight is 280 g/mol. The normalized spacial score (nSPS) is 16.6. The van der Waals surface area contributed by atoms with Gasteiger partial charge in [0.1, 0.15) is 0 Å². The van der Waals surface area contributed by atoms with E-state index in [4.69, 9.17) is 10.5 Å². The summed E-state index contributed by atoms with van der Waals surface area (Å²) in [6, 6.07) is 3.83. The van der Waals surface area contributed by atoms with Crippen LogP contribution in [0.25, 0.3) is 0 Å². The number of carbonyl (C=O) groups is 1. The van der Waals surface area contributed by atoms with Gasteiger partial charge in [-0.1, -0.05) is 13.8 Å². The number of rotatable bonds is 5. The summed E-state index contributed by atoms with van der Waals surface area (Å²) in [6.07, 6.45) is 3.20. The molecule has 0 radical (unpaired) electrons. The van der Waals surface area contributed by atoms with Crippen LogP contribution in [0.2, 0.25) is 0 Å². The van der Waals surface area contributed by atoms with Gasteiger partial charge in [-0.15, -0.1) is 0 Å². The maximum atomic E-state index is 13.9. The van der Waals surface area contributed by atoms with Gasteiger partial charge in [-0.05, 0) is 37.3 Å². The predicted molar refractivity (Wildman–Crippen MR) is 76.1 cm³/mol. The number of nitrogens with one attached hydrogen (secondary N) is 1. The van der Waals surface area contributed by atoms with Gasteiger partial charge < -0.3 is 15.8 Å². The van der Waals surface area contributed by atoms with E-state index in [9.17, 15) is 9.18 Å². The van der Waals surface area contributed by atoms with Crippen LogP contribution >= 0.6 is 0 Å². The van der Waals surface area contributed by atoms with Gasteiger partial charge in [0.25, 0.3) is 0 Å². The lowest BCUT2D eigenvalue weighted by Crippen LogP contribution is -2.39. The standard InChI is InChI=1S/C15H21FN2O2/c1-9(2)14(17)15(19)18-10-6-7-13(12(16)8-10)20-11-4-3-5-11/h6-9,11,14H,3-5,17H2,1-2H3,(H,18,19)/t14-/m0/s1. The van der Waals surface area contributed by atoms with Crippen LogP contribution in [0.5, 0.6) is 5.75 Å². The van der Waals surface area contributed by atoms with E-state index in [0.717, 1.165) is 19.3 Å². The fourth-order valence-electron chi connectivity index (χ4n) is 1.87. The van der Waals surface area contributed by atoms with E-state index < -0.39 is 11.9 Å². The van der Waals surface area contributed by atoms with Crippen molar-refractivity contribution in [3.8, 4) is 5.75 Å². The predicted octanol–water partition coefficient (Wildman–Crippen LogP) is 2.68. The van der Waals surface area contributed by atoms with Gasteiger partial charge in [-0.25, -0.2) is 4.39 Å². The van der Waals surface area contributed by atoms with Gasteiger partial charge in [-0.3, -0.25) is 4.79 Å². The maximum Gasteiger partial charge on any atom is 0.241 e. The van der Waals surface area contributed by atoms with E-state index >= 15 is 0 Å². The second-order valence-electron chi connectivity index (χ2n) is 5.58. The Hall–Kier alpha value is -1.62. The molecule has 1 aromatic rings. The SMILES string of the molecule is CC(C)[C@H](N)C(=O)Nc1ccc(OC2CCC2)c(F)c1. The first-order valence-corrected chi connectivity index (χ1v) is 7.00. The molecule has 4 nitrogen and oxygen atoms in total. The third-order valence-corrected chi connectivity index (χ3v) is 3.57. The number of nitrogens with two attached hydrogens (primary N) is 1. The van der Waals surface area contributed by atoms with Crippen LogP contribution in [0.4, 0.5) is 10.1 Å². The Kier molecular flexibility index (Phi) is 4.60. The van der Waals surface area contributed by atoms with Crippen molar-refractivity contribution in [2.45, 2.75) is 45.3 Å². The highest BCUT2D eigenvalue weighted by Crippen LogP contribution is 2.28. The lowest BCUT2D eigenvalue weighted by atomic mass is 9.96. The fraction of sp³-hybridized carbons (Fsp3) is 0.533. The molecule has 1 amide bonds.